The maximum atomic E-state index is 12.1. The fourth-order valence-corrected chi connectivity index (χ4v) is 2.10. The van der Waals surface area contributed by atoms with Crippen LogP contribution in [-0.2, 0) is 0 Å². The van der Waals surface area contributed by atoms with Gasteiger partial charge in [0.1, 0.15) is 11.2 Å². The minimum Gasteiger partial charge on any atom is -0.336 e. The van der Waals surface area contributed by atoms with Crippen LogP contribution in [0.4, 0.5) is 0 Å². The zero-order valence-corrected chi connectivity index (χ0v) is 11.8. The number of nitrogens with one attached hydrogen (secondary N) is 1. The van der Waals surface area contributed by atoms with Crippen molar-refractivity contribution in [3.63, 3.8) is 0 Å². The van der Waals surface area contributed by atoms with Gasteiger partial charge in [-0.1, -0.05) is 24.9 Å². The summed E-state index contributed by atoms with van der Waals surface area (Å²) in [6.45, 7) is 1.97. The van der Waals surface area contributed by atoms with Gasteiger partial charge >= 0.3 is 0 Å². The number of hydrogen-bond donors (Lipinski definition) is 1. The fraction of sp³-hybridized carbons (Fsp3) is 0.267. The molecule has 2 rings (SSSR count). The summed E-state index contributed by atoms with van der Waals surface area (Å²) in [5, 5.41) is 12.9. The molecule has 2 aromatic rings. The molecule has 0 aliphatic carbocycles. The molecule has 1 N–H and O–H groups in total. The quantitative estimate of drug-likeness (QED) is 0.877. The van der Waals surface area contributed by atoms with Crippen LogP contribution in [0, 0.1) is 11.3 Å². The maximum Gasteiger partial charge on any atom is 0.252 e. The van der Waals surface area contributed by atoms with Crippen molar-refractivity contribution in [2.24, 2.45) is 0 Å². The van der Waals surface area contributed by atoms with Crippen molar-refractivity contribution < 1.29 is 4.79 Å². The van der Waals surface area contributed by atoms with E-state index in [0.717, 1.165) is 17.3 Å². The smallest absolute Gasteiger partial charge is 0.252 e. The average molecular weight is 288 g/mol. The molecule has 1 atom stereocenters. The van der Waals surface area contributed by atoms with Crippen molar-refractivity contribution >= 4 is 28.4 Å². The first kappa shape index (κ1) is 14.3. The van der Waals surface area contributed by atoms with Crippen LogP contribution in [0.15, 0.2) is 30.3 Å². The lowest BCUT2D eigenvalue weighted by Gasteiger charge is -2.10. The molecule has 0 fully saturated rings. The van der Waals surface area contributed by atoms with Gasteiger partial charge in [-0.05, 0) is 36.8 Å². The third-order valence-corrected chi connectivity index (χ3v) is 3.17. The van der Waals surface area contributed by atoms with Gasteiger partial charge in [0.2, 0.25) is 0 Å². The Hall–Kier alpha value is -2.12. The Bertz CT molecular complexity index is 678. The van der Waals surface area contributed by atoms with Crippen molar-refractivity contribution in [3.8, 4) is 6.07 Å². The van der Waals surface area contributed by atoms with Crippen LogP contribution < -0.4 is 5.32 Å². The standard InChI is InChI=1S/C15H14ClN3O/c1-2-3-12(9-17)18-15(20)11-4-6-13-10(8-11)5-7-14(16)19-13/h4-8,12H,2-3H2,1H3,(H,18,20). The van der Waals surface area contributed by atoms with Crippen LogP contribution in [0.25, 0.3) is 10.9 Å². The summed E-state index contributed by atoms with van der Waals surface area (Å²) < 4.78 is 0. The van der Waals surface area contributed by atoms with Gasteiger partial charge in [-0.15, -0.1) is 0 Å². The summed E-state index contributed by atoms with van der Waals surface area (Å²) in [7, 11) is 0. The number of carbonyl (C=O) groups is 1. The van der Waals surface area contributed by atoms with E-state index in [4.69, 9.17) is 16.9 Å². The number of fused-ring (bicyclic) bond motifs is 1. The zero-order valence-electron chi connectivity index (χ0n) is 11.1. The monoisotopic (exact) mass is 287 g/mol. The number of hydrogen-bond acceptors (Lipinski definition) is 3. The Morgan fingerprint density at radius 1 is 1.45 bits per heavy atom. The average Bonchev–Trinajstić information content (AvgIpc) is 2.46. The predicted octanol–water partition coefficient (Wildman–Crippen LogP) is 3.31. The highest BCUT2D eigenvalue weighted by atomic mass is 35.5. The second kappa shape index (κ2) is 6.36. The molecule has 1 amide bonds. The van der Waals surface area contributed by atoms with Gasteiger partial charge < -0.3 is 5.32 Å². The second-order valence-corrected chi connectivity index (χ2v) is 4.87. The van der Waals surface area contributed by atoms with E-state index in [9.17, 15) is 4.79 Å². The Balaban J connectivity index is 2.22. The Morgan fingerprint density at radius 3 is 2.95 bits per heavy atom. The number of nitriles is 1. The normalized spacial score (nSPS) is 11.8. The molecule has 5 heteroatoms. The van der Waals surface area contributed by atoms with Gasteiger partial charge in [0.05, 0.1) is 11.6 Å². The topological polar surface area (TPSA) is 65.8 Å². The number of nitrogens with zero attached hydrogens (tertiary/aromatic N) is 2. The van der Waals surface area contributed by atoms with Gasteiger partial charge in [0.15, 0.2) is 0 Å². The zero-order chi connectivity index (χ0) is 14.5. The molecule has 0 saturated heterocycles. The number of halogens is 1. The summed E-state index contributed by atoms with van der Waals surface area (Å²) >= 11 is 5.82. The summed E-state index contributed by atoms with van der Waals surface area (Å²) in [5.41, 5.74) is 1.25. The summed E-state index contributed by atoms with van der Waals surface area (Å²) in [6, 6.07) is 10.3. The van der Waals surface area contributed by atoms with Gasteiger partial charge in [-0.25, -0.2) is 4.98 Å². The molecule has 0 aliphatic heterocycles. The second-order valence-electron chi connectivity index (χ2n) is 4.49. The molecule has 1 heterocycles. The van der Waals surface area contributed by atoms with E-state index < -0.39 is 6.04 Å². The number of amides is 1. The fourth-order valence-electron chi connectivity index (χ4n) is 1.94. The van der Waals surface area contributed by atoms with Crippen LogP contribution in [0.5, 0.6) is 0 Å². The lowest BCUT2D eigenvalue weighted by molar-refractivity contribution is 0.0944. The van der Waals surface area contributed by atoms with E-state index in [0.29, 0.717) is 17.1 Å². The van der Waals surface area contributed by atoms with Crippen LogP contribution in [0.3, 0.4) is 0 Å². The van der Waals surface area contributed by atoms with Crippen molar-refractivity contribution in [2.75, 3.05) is 0 Å². The summed E-state index contributed by atoms with van der Waals surface area (Å²) in [5.74, 6) is -0.248. The molecule has 0 radical (unpaired) electrons. The van der Waals surface area contributed by atoms with E-state index >= 15 is 0 Å². The van der Waals surface area contributed by atoms with Gasteiger partial charge in [0.25, 0.3) is 5.91 Å². The van der Waals surface area contributed by atoms with Crippen LogP contribution in [0.2, 0.25) is 5.15 Å². The molecule has 0 bridgehead atoms. The number of aromatic nitrogens is 1. The van der Waals surface area contributed by atoms with Crippen molar-refractivity contribution in [2.45, 2.75) is 25.8 Å². The minimum absolute atomic E-state index is 0.248. The SMILES string of the molecule is CCCC(C#N)NC(=O)c1ccc2nc(Cl)ccc2c1. The minimum atomic E-state index is -0.452. The molecular weight excluding hydrogens is 274 g/mol. The number of carbonyl (C=O) groups excluding carboxylic acids is 1. The van der Waals surface area contributed by atoms with Crippen molar-refractivity contribution in [1.29, 1.82) is 5.26 Å². The maximum absolute atomic E-state index is 12.1. The van der Waals surface area contributed by atoms with E-state index in [-0.39, 0.29) is 5.91 Å². The molecular formula is C15H14ClN3O. The third kappa shape index (κ3) is 3.25. The van der Waals surface area contributed by atoms with E-state index in [1.807, 2.05) is 13.0 Å². The molecule has 0 saturated carbocycles. The molecule has 102 valence electrons. The number of pyridine rings is 1. The molecule has 0 spiro atoms. The third-order valence-electron chi connectivity index (χ3n) is 2.96. The van der Waals surface area contributed by atoms with Crippen LogP contribution in [0.1, 0.15) is 30.1 Å². The molecule has 1 unspecified atom stereocenters. The predicted molar refractivity (Wildman–Crippen MR) is 78.5 cm³/mol. The number of benzene rings is 1. The molecule has 20 heavy (non-hydrogen) atoms. The molecule has 0 aliphatic rings. The summed E-state index contributed by atoms with van der Waals surface area (Å²) in [4.78, 5) is 16.3. The summed E-state index contributed by atoms with van der Waals surface area (Å²) in [6.07, 6.45) is 1.49. The Labute approximate surface area is 122 Å². The highest BCUT2D eigenvalue weighted by molar-refractivity contribution is 6.29. The molecule has 4 nitrogen and oxygen atoms in total. The van der Waals surface area contributed by atoms with Gasteiger partial charge in [0, 0.05) is 10.9 Å². The first-order chi connectivity index (χ1) is 9.63. The Kier molecular flexibility index (Phi) is 4.54. The molecule has 1 aromatic heterocycles. The first-order valence-electron chi connectivity index (χ1n) is 6.41. The van der Waals surface area contributed by atoms with Crippen LogP contribution in [-0.4, -0.2) is 16.9 Å². The first-order valence-corrected chi connectivity index (χ1v) is 6.78. The van der Waals surface area contributed by atoms with E-state index in [1.54, 1.807) is 24.3 Å². The lowest BCUT2D eigenvalue weighted by Crippen LogP contribution is -2.33. The highest BCUT2D eigenvalue weighted by Gasteiger charge is 2.12. The van der Waals surface area contributed by atoms with Gasteiger partial charge in [-0.3, -0.25) is 4.79 Å². The van der Waals surface area contributed by atoms with E-state index in [1.165, 1.54) is 0 Å². The lowest BCUT2D eigenvalue weighted by atomic mass is 10.1. The number of rotatable bonds is 4. The Morgan fingerprint density at radius 2 is 2.25 bits per heavy atom. The van der Waals surface area contributed by atoms with E-state index in [2.05, 4.69) is 16.4 Å². The van der Waals surface area contributed by atoms with Crippen molar-refractivity contribution in [3.05, 3.63) is 41.0 Å². The molecule has 1 aromatic carbocycles. The highest BCUT2D eigenvalue weighted by Crippen LogP contribution is 2.17. The van der Waals surface area contributed by atoms with Crippen molar-refractivity contribution in [1.82, 2.24) is 10.3 Å². The largest absolute Gasteiger partial charge is 0.336 e. The van der Waals surface area contributed by atoms with Gasteiger partial charge in [-0.2, -0.15) is 5.26 Å². The van der Waals surface area contributed by atoms with Crippen LogP contribution >= 0.6 is 11.6 Å².